The van der Waals surface area contributed by atoms with Crippen molar-refractivity contribution in [1.82, 2.24) is 4.48 Å². The number of anilines is 1. The topological polar surface area (TPSA) is 3.24 Å². The zero-order valence-electron chi connectivity index (χ0n) is 15.1. The Morgan fingerprint density at radius 2 is 1.17 bits per heavy atom. The molecular formula is C21H29N2+. The zero-order valence-corrected chi connectivity index (χ0v) is 15.1. The van der Waals surface area contributed by atoms with Crippen molar-refractivity contribution >= 4 is 23.5 Å². The maximum absolute atomic E-state index is 2.36. The molecule has 2 heteroatoms. The summed E-state index contributed by atoms with van der Waals surface area (Å²) in [4.78, 5) is 2.36. The molecule has 0 saturated carbocycles. The van der Waals surface area contributed by atoms with Crippen molar-refractivity contribution in [2.75, 3.05) is 39.1 Å². The molecule has 2 aromatic rings. The molecule has 0 aliphatic heterocycles. The van der Waals surface area contributed by atoms with Crippen LogP contribution in [0.1, 0.15) is 25.0 Å². The molecule has 0 heterocycles. The van der Waals surface area contributed by atoms with Crippen LogP contribution in [0.15, 0.2) is 48.5 Å². The third-order valence-corrected chi connectivity index (χ3v) is 4.16. The predicted octanol–water partition coefficient (Wildman–Crippen LogP) is 4.90. The van der Waals surface area contributed by atoms with Crippen molar-refractivity contribution in [1.29, 1.82) is 0 Å². The lowest BCUT2D eigenvalue weighted by Gasteiger charge is -2.23. The van der Waals surface area contributed by atoms with Crippen LogP contribution in [0, 0.1) is 0 Å². The standard InChI is InChI=1S/C21H29N2/c1-6-22(7-2)20-14-10-18(11-15-20)8-9-19-12-16-21(17-13-19)23(3,4)5/h8-17H,6-7H2,1-5H3/q+1/b9-8+. The van der Waals surface area contributed by atoms with Crippen molar-refractivity contribution in [3.63, 3.8) is 0 Å². The van der Waals surface area contributed by atoms with E-state index in [0.717, 1.165) is 17.6 Å². The largest absolute Gasteiger partial charge is 0.372 e. The molecule has 0 saturated heterocycles. The summed E-state index contributed by atoms with van der Waals surface area (Å²) in [6, 6.07) is 17.5. The second-order valence-electron chi connectivity index (χ2n) is 6.70. The van der Waals surface area contributed by atoms with Crippen LogP contribution in [-0.4, -0.2) is 34.2 Å². The van der Waals surface area contributed by atoms with Gasteiger partial charge in [0.1, 0.15) is 5.69 Å². The second kappa shape index (κ2) is 7.47. The minimum atomic E-state index is 0.844. The van der Waals surface area contributed by atoms with Crippen LogP contribution in [0.2, 0.25) is 0 Å². The highest BCUT2D eigenvalue weighted by atomic mass is 15.3. The molecular weight excluding hydrogens is 280 g/mol. The van der Waals surface area contributed by atoms with Crippen LogP contribution in [0.5, 0.6) is 0 Å². The molecule has 0 atom stereocenters. The maximum Gasteiger partial charge on any atom is 0.132 e. The molecule has 0 bridgehead atoms. The van der Waals surface area contributed by atoms with Gasteiger partial charge in [-0.05, 0) is 61.4 Å². The molecule has 0 aliphatic carbocycles. The molecule has 2 nitrogen and oxygen atoms in total. The Labute approximate surface area is 141 Å². The molecule has 0 unspecified atom stereocenters. The molecule has 122 valence electrons. The molecule has 0 radical (unpaired) electrons. The van der Waals surface area contributed by atoms with Gasteiger partial charge in [0.25, 0.3) is 0 Å². The van der Waals surface area contributed by atoms with Crippen molar-refractivity contribution in [2.45, 2.75) is 13.8 Å². The summed E-state index contributed by atoms with van der Waals surface area (Å²) in [5, 5.41) is 0. The Bertz CT molecular complexity index is 627. The number of benzene rings is 2. The summed E-state index contributed by atoms with van der Waals surface area (Å²) < 4.78 is 0.844. The van der Waals surface area contributed by atoms with Gasteiger partial charge in [-0.1, -0.05) is 24.3 Å². The lowest BCUT2D eigenvalue weighted by molar-refractivity contribution is 0.486. The lowest BCUT2D eigenvalue weighted by atomic mass is 10.1. The summed E-state index contributed by atoms with van der Waals surface area (Å²) >= 11 is 0. The molecule has 0 amide bonds. The van der Waals surface area contributed by atoms with E-state index in [-0.39, 0.29) is 0 Å². The van der Waals surface area contributed by atoms with E-state index in [1.165, 1.54) is 22.5 Å². The quantitative estimate of drug-likeness (QED) is 0.542. The first kappa shape index (κ1) is 17.3. The Morgan fingerprint density at radius 1 is 0.739 bits per heavy atom. The minimum Gasteiger partial charge on any atom is -0.372 e. The van der Waals surface area contributed by atoms with Crippen LogP contribution >= 0.6 is 0 Å². The number of hydrogen-bond donors (Lipinski definition) is 0. The van der Waals surface area contributed by atoms with Crippen molar-refractivity contribution in [3.8, 4) is 0 Å². The Hall–Kier alpha value is -2.06. The van der Waals surface area contributed by atoms with Crippen molar-refractivity contribution < 1.29 is 0 Å². The van der Waals surface area contributed by atoms with Gasteiger partial charge in [-0.2, -0.15) is 0 Å². The summed E-state index contributed by atoms with van der Waals surface area (Å²) in [6.45, 7) is 6.48. The first-order chi connectivity index (χ1) is 10.9. The van der Waals surface area contributed by atoms with Gasteiger partial charge in [-0.15, -0.1) is 0 Å². The van der Waals surface area contributed by atoms with Gasteiger partial charge in [-0.3, -0.25) is 4.48 Å². The van der Waals surface area contributed by atoms with Gasteiger partial charge in [0.2, 0.25) is 0 Å². The van der Waals surface area contributed by atoms with Crippen molar-refractivity contribution in [3.05, 3.63) is 59.7 Å². The fourth-order valence-electron chi connectivity index (χ4n) is 2.61. The zero-order chi connectivity index (χ0) is 16.9. The van der Waals surface area contributed by atoms with Crippen LogP contribution in [0.3, 0.4) is 0 Å². The predicted molar refractivity (Wildman–Crippen MR) is 105 cm³/mol. The van der Waals surface area contributed by atoms with E-state index in [1.807, 2.05) is 0 Å². The van der Waals surface area contributed by atoms with Gasteiger partial charge in [0.15, 0.2) is 0 Å². The fourth-order valence-corrected chi connectivity index (χ4v) is 2.61. The van der Waals surface area contributed by atoms with Gasteiger partial charge in [0, 0.05) is 18.8 Å². The van der Waals surface area contributed by atoms with E-state index in [0.29, 0.717) is 0 Å². The molecule has 0 fully saturated rings. The smallest absolute Gasteiger partial charge is 0.132 e. The highest BCUT2D eigenvalue weighted by molar-refractivity contribution is 5.71. The first-order valence-electron chi connectivity index (χ1n) is 8.39. The van der Waals surface area contributed by atoms with Crippen LogP contribution in [0.4, 0.5) is 11.4 Å². The van der Waals surface area contributed by atoms with Gasteiger partial charge in [-0.25, -0.2) is 0 Å². The van der Waals surface area contributed by atoms with Crippen LogP contribution in [0.25, 0.3) is 12.2 Å². The van der Waals surface area contributed by atoms with Crippen molar-refractivity contribution in [2.24, 2.45) is 0 Å². The lowest BCUT2D eigenvalue weighted by Crippen LogP contribution is -2.34. The summed E-state index contributed by atoms with van der Waals surface area (Å²) in [6.07, 6.45) is 4.35. The molecule has 2 rings (SSSR count). The SMILES string of the molecule is CCN(CC)c1ccc(/C=C/c2ccc([N+](C)(C)C)cc2)cc1. The van der Waals surface area contributed by atoms with Crippen LogP contribution < -0.4 is 9.38 Å². The van der Waals surface area contributed by atoms with Gasteiger partial charge in [0.05, 0.1) is 21.1 Å². The number of rotatable bonds is 6. The molecule has 0 N–H and O–H groups in total. The number of nitrogens with zero attached hydrogens (tertiary/aromatic N) is 2. The number of hydrogen-bond acceptors (Lipinski definition) is 1. The fraction of sp³-hybridized carbons (Fsp3) is 0.333. The van der Waals surface area contributed by atoms with E-state index in [1.54, 1.807) is 0 Å². The average Bonchev–Trinajstić information content (AvgIpc) is 2.55. The Balaban J connectivity index is 2.08. The second-order valence-corrected chi connectivity index (χ2v) is 6.70. The van der Waals surface area contributed by atoms with E-state index < -0.39 is 0 Å². The molecule has 0 aliphatic rings. The Morgan fingerprint density at radius 3 is 1.57 bits per heavy atom. The van der Waals surface area contributed by atoms with E-state index in [2.05, 4.69) is 101 Å². The van der Waals surface area contributed by atoms with E-state index >= 15 is 0 Å². The molecule has 2 aromatic carbocycles. The average molecular weight is 309 g/mol. The van der Waals surface area contributed by atoms with Gasteiger partial charge >= 0.3 is 0 Å². The molecule has 0 spiro atoms. The maximum atomic E-state index is 2.36. The summed E-state index contributed by atoms with van der Waals surface area (Å²) in [5.74, 6) is 0. The molecule has 23 heavy (non-hydrogen) atoms. The van der Waals surface area contributed by atoms with Crippen LogP contribution in [-0.2, 0) is 0 Å². The third-order valence-electron chi connectivity index (χ3n) is 4.16. The first-order valence-corrected chi connectivity index (χ1v) is 8.39. The Kier molecular flexibility index (Phi) is 5.62. The van der Waals surface area contributed by atoms with E-state index in [4.69, 9.17) is 0 Å². The van der Waals surface area contributed by atoms with Gasteiger partial charge < -0.3 is 4.90 Å². The highest BCUT2D eigenvalue weighted by Gasteiger charge is 2.10. The normalized spacial score (nSPS) is 11.9. The molecule has 0 aromatic heterocycles. The monoisotopic (exact) mass is 309 g/mol. The third kappa shape index (κ3) is 4.70. The summed E-state index contributed by atoms with van der Waals surface area (Å²) in [5.41, 5.74) is 5.07. The number of quaternary nitrogens is 1. The highest BCUT2D eigenvalue weighted by Crippen LogP contribution is 2.19. The summed E-state index contributed by atoms with van der Waals surface area (Å²) in [7, 11) is 6.55. The minimum absolute atomic E-state index is 0.844. The van der Waals surface area contributed by atoms with E-state index in [9.17, 15) is 0 Å².